The molecule has 0 spiro atoms. The third-order valence-electron chi connectivity index (χ3n) is 3.95. The lowest BCUT2D eigenvalue weighted by molar-refractivity contribution is -0.119. The summed E-state index contributed by atoms with van der Waals surface area (Å²) in [6.45, 7) is 0.216. The lowest BCUT2D eigenvalue weighted by atomic mass is 10.2. The monoisotopic (exact) mass is 379 g/mol. The van der Waals surface area contributed by atoms with Crippen molar-refractivity contribution in [1.82, 2.24) is 4.31 Å². The first kappa shape index (κ1) is 17.5. The quantitative estimate of drug-likeness (QED) is 0.884. The van der Waals surface area contributed by atoms with Gasteiger partial charge in [-0.3, -0.25) is 4.79 Å². The van der Waals surface area contributed by atoms with Crippen molar-refractivity contribution < 1.29 is 17.6 Å². The van der Waals surface area contributed by atoms with E-state index < -0.39 is 27.8 Å². The van der Waals surface area contributed by atoms with Gasteiger partial charge in [-0.15, -0.1) is 11.3 Å². The molecule has 1 aliphatic heterocycles. The number of halogens is 1. The van der Waals surface area contributed by atoms with Crippen LogP contribution in [0.25, 0.3) is 0 Å². The average Bonchev–Trinajstić information content (AvgIpc) is 3.24. The third-order valence-corrected chi connectivity index (χ3v) is 6.70. The van der Waals surface area contributed by atoms with Crippen molar-refractivity contribution in [2.45, 2.75) is 23.8 Å². The predicted octanol–water partition coefficient (Wildman–Crippen LogP) is 2.55. The number of benzene rings is 1. The summed E-state index contributed by atoms with van der Waals surface area (Å²) in [5.41, 5.74) is 0.337. The molecule has 1 aromatic carbocycles. The lowest BCUT2D eigenvalue weighted by Crippen LogP contribution is -2.43. The van der Waals surface area contributed by atoms with E-state index in [1.807, 2.05) is 6.07 Å². The van der Waals surface area contributed by atoms with E-state index in [0.29, 0.717) is 23.4 Å². The molecule has 1 saturated heterocycles. The van der Waals surface area contributed by atoms with Gasteiger partial charge in [0.25, 0.3) is 0 Å². The first-order valence-electron chi connectivity index (χ1n) is 7.49. The Hall–Kier alpha value is -2.28. The maximum absolute atomic E-state index is 13.0. The van der Waals surface area contributed by atoms with Crippen LogP contribution in [0.15, 0.2) is 40.6 Å². The van der Waals surface area contributed by atoms with Gasteiger partial charge in [0, 0.05) is 6.54 Å². The van der Waals surface area contributed by atoms with Crippen LogP contribution >= 0.6 is 11.3 Å². The number of nitrogens with zero attached hydrogens (tertiary/aromatic N) is 2. The Morgan fingerprint density at radius 3 is 2.72 bits per heavy atom. The normalized spacial score (nSPS) is 18.0. The van der Waals surface area contributed by atoms with E-state index >= 15 is 0 Å². The molecule has 0 saturated carbocycles. The molecule has 0 aliphatic carbocycles. The molecule has 25 heavy (non-hydrogen) atoms. The van der Waals surface area contributed by atoms with Crippen LogP contribution in [0.4, 0.5) is 9.39 Å². The Kier molecular flexibility index (Phi) is 4.85. The van der Waals surface area contributed by atoms with Crippen LogP contribution in [0.5, 0.6) is 0 Å². The molecule has 3 rings (SSSR count). The van der Waals surface area contributed by atoms with Gasteiger partial charge >= 0.3 is 0 Å². The Bertz CT molecular complexity index is 932. The van der Waals surface area contributed by atoms with Gasteiger partial charge in [-0.2, -0.15) is 9.57 Å². The number of thiophene rings is 1. The van der Waals surface area contributed by atoms with Crippen LogP contribution in [0.3, 0.4) is 0 Å². The number of hydrogen-bond acceptors (Lipinski definition) is 5. The summed E-state index contributed by atoms with van der Waals surface area (Å²) < 4.78 is 39.7. The topological polar surface area (TPSA) is 90.3 Å². The molecule has 9 heteroatoms. The fourth-order valence-electron chi connectivity index (χ4n) is 2.72. The Labute approximate surface area is 148 Å². The second-order valence-electron chi connectivity index (χ2n) is 5.49. The molecule has 130 valence electrons. The summed E-state index contributed by atoms with van der Waals surface area (Å²) in [5, 5.41) is 13.7. The van der Waals surface area contributed by atoms with E-state index in [4.69, 9.17) is 5.26 Å². The average molecular weight is 379 g/mol. The number of nitrogens with one attached hydrogen (secondary N) is 1. The fourth-order valence-corrected chi connectivity index (χ4v) is 5.12. The molecule has 1 fully saturated rings. The Balaban J connectivity index is 1.83. The van der Waals surface area contributed by atoms with Crippen molar-refractivity contribution in [2.24, 2.45) is 0 Å². The van der Waals surface area contributed by atoms with E-state index in [-0.39, 0.29) is 11.4 Å². The molecule has 2 aromatic rings. The molecule has 1 aliphatic rings. The van der Waals surface area contributed by atoms with Gasteiger partial charge in [-0.05, 0) is 48.6 Å². The van der Waals surface area contributed by atoms with Crippen LogP contribution in [-0.4, -0.2) is 31.2 Å². The molecule has 0 radical (unpaired) electrons. The van der Waals surface area contributed by atoms with Gasteiger partial charge in [-0.25, -0.2) is 12.8 Å². The summed E-state index contributed by atoms with van der Waals surface area (Å²) >= 11 is 1.20. The Morgan fingerprint density at radius 1 is 1.32 bits per heavy atom. The Morgan fingerprint density at radius 2 is 2.04 bits per heavy atom. The highest BCUT2D eigenvalue weighted by molar-refractivity contribution is 7.89. The fraction of sp³-hybridized carbons (Fsp3) is 0.250. The van der Waals surface area contributed by atoms with Gasteiger partial charge < -0.3 is 5.32 Å². The maximum Gasteiger partial charge on any atom is 0.243 e. The first-order valence-corrected chi connectivity index (χ1v) is 9.81. The molecule has 1 N–H and O–H groups in total. The van der Waals surface area contributed by atoms with Crippen molar-refractivity contribution >= 4 is 32.3 Å². The largest absolute Gasteiger partial charge is 0.315 e. The van der Waals surface area contributed by atoms with Crippen molar-refractivity contribution in [3.05, 3.63) is 47.1 Å². The zero-order chi connectivity index (χ0) is 18.0. The van der Waals surface area contributed by atoms with Crippen LogP contribution in [0.2, 0.25) is 0 Å². The molecular formula is C16H14FN3O3S2. The van der Waals surface area contributed by atoms with Crippen molar-refractivity contribution in [1.29, 1.82) is 5.26 Å². The summed E-state index contributed by atoms with van der Waals surface area (Å²) in [4.78, 5) is 12.5. The smallest absolute Gasteiger partial charge is 0.243 e. The number of sulfonamides is 1. The molecule has 2 heterocycles. The summed E-state index contributed by atoms with van der Waals surface area (Å²) in [7, 11) is -3.90. The zero-order valence-corrected chi connectivity index (χ0v) is 14.6. The summed E-state index contributed by atoms with van der Waals surface area (Å²) in [6.07, 6.45) is 0.938. The van der Waals surface area contributed by atoms with Crippen LogP contribution < -0.4 is 5.32 Å². The number of rotatable bonds is 4. The van der Waals surface area contributed by atoms with Gasteiger partial charge in [-0.1, -0.05) is 0 Å². The van der Waals surface area contributed by atoms with E-state index in [1.54, 1.807) is 11.4 Å². The van der Waals surface area contributed by atoms with E-state index in [0.717, 1.165) is 16.4 Å². The highest BCUT2D eigenvalue weighted by Gasteiger charge is 2.39. The number of anilines is 1. The summed E-state index contributed by atoms with van der Waals surface area (Å²) in [6, 6.07) is 7.22. The van der Waals surface area contributed by atoms with E-state index in [2.05, 4.69) is 5.32 Å². The van der Waals surface area contributed by atoms with Crippen LogP contribution in [0.1, 0.15) is 18.4 Å². The number of carbonyl (C=O) groups is 1. The summed E-state index contributed by atoms with van der Waals surface area (Å²) in [5.74, 6) is -1.00. The van der Waals surface area contributed by atoms with Gasteiger partial charge in [0.15, 0.2) is 0 Å². The van der Waals surface area contributed by atoms with Crippen LogP contribution in [-0.2, 0) is 14.8 Å². The van der Waals surface area contributed by atoms with Crippen LogP contribution in [0, 0.1) is 17.1 Å². The van der Waals surface area contributed by atoms with Crippen molar-refractivity contribution in [3.63, 3.8) is 0 Å². The third kappa shape index (κ3) is 3.42. The van der Waals surface area contributed by atoms with Gasteiger partial charge in [0.1, 0.15) is 22.9 Å². The number of nitriles is 1. The molecule has 1 atom stereocenters. The molecule has 1 aromatic heterocycles. The molecule has 0 bridgehead atoms. The highest BCUT2D eigenvalue weighted by atomic mass is 32.2. The predicted molar refractivity (Wildman–Crippen MR) is 91.0 cm³/mol. The number of hydrogen-bond donors (Lipinski definition) is 1. The highest BCUT2D eigenvalue weighted by Crippen LogP contribution is 2.29. The molecule has 0 unspecified atom stereocenters. The minimum absolute atomic E-state index is 0.0533. The minimum Gasteiger partial charge on any atom is -0.315 e. The second-order valence-corrected chi connectivity index (χ2v) is 8.30. The van der Waals surface area contributed by atoms with Gasteiger partial charge in [0.2, 0.25) is 15.9 Å². The van der Waals surface area contributed by atoms with Crippen molar-refractivity contribution in [2.75, 3.05) is 11.9 Å². The standard InChI is InChI=1S/C16H14FN3O3S2/c17-12-3-5-13(6-4-12)25(22,23)20-8-1-2-14(20)15(21)19-16-11(10-18)7-9-24-16/h3-7,9,14H,1-2,8H2,(H,19,21)/t14-/m0/s1. The SMILES string of the molecule is N#Cc1ccsc1NC(=O)[C@@H]1CCCN1S(=O)(=O)c1ccc(F)cc1. The minimum atomic E-state index is -3.90. The second kappa shape index (κ2) is 6.92. The van der Waals surface area contributed by atoms with Crippen molar-refractivity contribution in [3.8, 4) is 6.07 Å². The van der Waals surface area contributed by atoms with Gasteiger partial charge in [0.05, 0.1) is 10.5 Å². The lowest BCUT2D eigenvalue weighted by Gasteiger charge is -2.23. The molecule has 6 nitrogen and oxygen atoms in total. The van der Waals surface area contributed by atoms with E-state index in [9.17, 15) is 17.6 Å². The number of amides is 1. The number of carbonyl (C=O) groups excluding carboxylic acids is 1. The molecular weight excluding hydrogens is 365 g/mol. The van der Waals surface area contributed by atoms with E-state index in [1.165, 1.54) is 23.5 Å². The molecule has 1 amide bonds. The zero-order valence-electron chi connectivity index (χ0n) is 13.0. The maximum atomic E-state index is 13.0. The first-order chi connectivity index (χ1) is 11.9.